The SMILES string of the molecule is CC.CS.NCCC(=O)c1ccc(F)cc1. The van der Waals surface area contributed by atoms with E-state index < -0.39 is 0 Å². The molecule has 0 aliphatic heterocycles. The predicted molar refractivity (Wildman–Crippen MR) is 70.7 cm³/mol. The van der Waals surface area contributed by atoms with Gasteiger partial charge < -0.3 is 5.73 Å². The number of hydrogen-bond donors (Lipinski definition) is 2. The van der Waals surface area contributed by atoms with Crippen molar-refractivity contribution in [1.82, 2.24) is 0 Å². The summed E-state index contributed by atoms with van der Waals surface area (Å²) >= 11 is 3.53. The number of thiol groups is 1. The Balaban J connectivity index is 0. The van der Waals surface area contributed by atoms with Crippen LogP contribution in [0.15, 0.2) is 24.3 Å². The van der Waals surface area contributed by atoms with Crippen molar-refractivity contribution in [2.45, 2.75) is 20.3 Å². The zero-order valence-corrected chi connectivity index (χ0v) is 10.9. The minimum atomic E-state index is -0.334. The van der Waals surface area contributed by atoms with Crippen LogP contribution in [-0.2, 0) is 0 Å². The van der Waals surface area contributed by atoms with Gasteiger partial charge in [0, 0.05) is 12.0 Å². The molecular weight excluding hydrogens is 225 g/mol. The fraction of sp³-hybridized carbons (Fsp3) is 0.417. The van der Waals surface area contributed by atoms with Gasteiger partial charge in [0.15, 0.2) is 5.78 Å². The molecule has 92 valence electrons. The molecule has 0 aliphatic carbocycles. The number of carbonyl (C=O) groups is 1. The Kier molecular flexibility index (Phi) is 13.4. The molecule has 1 rings (SSSR count). The molecule has 0 radical (unpaired) electrons. The Bertz CT molecular complexity index is 275. The average Bonchev–Trinajstić information content (AvgIpc) is 2.35. The molecule has 2 nitrogen and oxygen atoms in total. The minimum absolute atomic E-state index is 0.0440. The molecule has 0 amide bonds. The summed E-state index contributed by atoms with van der Waals surface area (Å²) in [6.07, 6.45) is 2.01. The van der Waals surface area contributed by atoms with E-state index in [2.05, 4.69) is 12.6 Å². The first kappa shape index (κ1) is 17.5. The largest absolute Gasteiger partial charge is 0.330 e. The van der Waals surface area contributed by atoms with E-state index in [1.807, 2.05) is 13.8 Å². The highest BCUT2D eigenvalue weighted by Crippen LogP contribution is 2.04. The van der Waals surface area contributed by atoms with Gasteiger partial charge in [0.2, 0.25) is 0 Å². The first-order chi connectivity index (χ1) is 7.74. The molecule has 0 spiro atoms. The summed E-state index contributed by atoms with van der Waals surface area (Å²) in [5.41, 5.74) is 5.72. The number of halogens is 1. The lowest BCUT2D eigenvalue weighted by Gasteiger charge is -1.97. The van der Waals surface area contributed by atoms with E-state index in [0.29, 0.717) is 18.5 Å². The lowest BCUT2D eigenvalue weighted by Crippen LogP contribution is -2.07. The number of hydrogen-bond acceptors (Lipinski definition) is 3. The number of nitrogens with two attached hydrogens (primary N) is 1. The first-order valence-corrected chi connectivity index (χ1v) is 6.07. The van der Waals surface area contributed by atoms with E-state index in [0.717, 1.165) is 0 Å². The van der Waals surface area contributed by atoms with Gasteiger partial charge in [0.1, 0.15) is 5.82 Å². The molecule has 0 saturated heterocycles. The third-order valence-electron chi connectivity index (χ3n) is 1.54. The van der Waals surface area contributed by atoms with Gasteiger partial charge >= 0.3 is 0 Å². The van der Waals surface area contributed by atoms with Gasteiger partial charge in [-0.1, -0.05) is 13.8 Å². The van der Waals surface area contributed by atoms with Gasteiger partial charge in [-0.25, -0.2) is 4.39 Å². The second kappa shape index (κ2) is 12.2. The van der Waals surface area contributed by atoms with Gasteiger partial charge in [0.25, 0.3) is 0 Å². The molecule has 1 aromatic carbocycles. The summed E-state index contributed by atoms with van der Waals surface area (Å²) in [6, 6.07) is 5.47. The van der Waals surface area contributed by atoms with Crippen molar-refractivity contribution >= 4 is 18.4 Å². The topological polar surface area (TPSA) is 43.1 Å². The van der Waals surface area contributed by atoms with Crippen molar-refractivity contribution in [2.24, 2.45) is 5.73 Å². The predicted octanol–water partition coefficient (Wildman–Crippen LogP) is 2.93. The normalized spacial score (nSPS) is 8.12. The quantitative estimate of drug-likeness (QED) is 0.635. The fourth-order valence-corrected chi connectivity index (χ4v) is 0.911. The van der Waals surface area contributed by atoms with Crippen LogP contribution in [-0.4, -0.2) is 18.6 Å². The summed E-state index contributed by atoms with van der Waals surface area (Å²) in [5.74, 6) is -0.378. The van der Waals surface area contributed by atoms with E-state index in [1.165, 1.54) is 24.3 Å². The smallest absolute Gasteiger partial charge is 0.164 e. The summed E-state index contributed by atoms with van der Waals surface area (Å²) in [6.45, 7) is 4.33. The van der Waals surface area contributed by atoms with Gasteiger partial charge in [-0.3, -0.25) is 4.79 Å². The van der Waals surface area contributed by atoms with Crippen molar-refractivity contribution in [3.63, 3.8) is 0 Å². The molecule has 2 N–H and O–H groups in total. The lowest BCUT2D eigenvalue weighted by atomic mass is 10.1. The highest BCUT2D eigenvalue weighted by molar-refractivity contribution is 7.79. The van der Waals surface area contributed by atoms with Crippen molar-refractivity contribution in [3.8, 4) is 0 Å². The van der Waals surface area contributed by atoms with Crippen molar-refractivity contribution < 1.29 is 9.18 Å². The Labute approximate surface area is 102 Å². The number of ketones is 1. The number of benzene rings is 1. The van der Waals surface area contributed by atoms with E-state index in [-0.39, 0.29) is 11.6 Å². The average molecular weight is 245 g/mol. The summed E-state index contributed by atoms with van der Waals surface area (Å²) < 4.78 is 12.4. The van der Waals surface area contributed by atoms with E-state index in [9.17, 15) is 9.18 Å². The molecule has 16 heavy (non-hydrogen) atoms. The van der Waals surface area contributed by atoms with Gasteiger partial charge in [-0.05, 0) is 37.1 Å². The van der Waals surface area contributed by atoms with Crippen LogP contribution in [0.25, 0.3) is 0 Å². The van der Waals surface area contributed by atoms with Crippen LogP contribution in [0.4, 0.5) is 4.39 Å². The van der Waals surface area contributed by atoms with Gasteiger partial charge in [-0.2, -0.15) is 12.6 Å². The van der Waals surface area contributed by atoms with E-state index >= 15 is 0 Å². The standard InChI is InChI=1S/C9H10FNO.C2H6.CH4S/c10-8-3-1-7(2-4-8)9(12)5-6-11;2*1-2/h1-4H,5-6,11H2;1-2H3;2H,1H3. The van der Waals surface area contributed by atoms with Crippen LogP contribution in [0, 0.1) is 5.82 Å². The van der Waals surface area contributed by atoms with Gasteiger partial charge in [-0.15, -0.1) is 0 Å². The molecule has 0 saturated carbocycles. The molecule has 0 fully saturated rings. The minimum Gasteiger partial charge on any atom is -0.330 e. The third-order valence-corrected chi connectivity index (χ3v) is 1.54. The van der Waals surface area contributed by atoms with Crippen LogP contribution in [0.3, 0.4) is 0 Å². The molecule has 0 aliphatic rings. The van der Waals surface area contributed by atoms with E-state index in [1.54, 1.807) is 6.26 Å². The molecule has 4 heteroatoms. The fourth-order valence-electron chi connectivity index (χ4n) is 0.911. The number of carbonyl (C=O) groups excluding carboxylic acids is 1. The molecule has 1 aromatic rings. The molecule has 0 atom stereocenters. The maximum absolute atomic E-state index is 12.4. The molecular formula is C12H20FNOS. The summed E-state index contributed by atoms with van der Waals surface area (Å²) in [7, 11) is 0. The van der Waals surface area contributed by atoms with Gasteiger partial charge in [0.05, 0.1) is 0 Å². The van der Waals surface area contributed by atoms with Crippen LogP contribution >= 0.6 is 12.6 Å². The maximum Gasteiger partial charge on any atom is 0.164 e. The summed E-state index contributed by atoms with van der Waals surface area (Å²) in [5, 5.41) is 0. The Morgan fingerprint density at radius 2 is 1.69 bits per heavy atom. The van der Waals surface area contributed by atoms with Crippen molar-refractivity contribution in [1.29, 1.82) is 0 Å². The zero-order chi connectivity index (χ0) is 13.0. The van der Waals surface area contributed by atoms with Crippen molar-refractivity contribution in [2.75, 3.05) is 12.8 Å². The summed E-state index contributed by atoms with van der Waals surface area (Å²) in [4.78, 5) is 11.2. The Hall–Kier alpha value is -0.870. The second-order valence-corrected chi connectivity index (χ2v) is 2.47. The van der Waals surface area contributed by atoms with Crippen LogP contribution in [0.2, 0.25) is 0 Å². The maximum atomic E-state index is 12.4. The Morgan fingerprint density at radius 3 is 2.06 bits per heavy atom. The molecule has 0 aromatic heterocycles. The van der Waals surface area contributed by atoms with Crippen LogP contribution in [0.5, 0.6) is 0 Å². The van der Waals surface area contributed by atoms with Crippen LogP contribution < -0.4 is 5.73 Å². The first-order valence-electron chi connectivity index (χ1n) is 5.17. The molecule has 0 heterocycles. The lowest BCUT2D eigenvalue weighted by molar-refractivity contribution is 0.0985. The Morgan fingerprint density at radius 1 is 1.25 bits per heavy atom. The second-order valence-electron chi connectivity index (χ2n) is 2.47. The molecule has 0 bridgehead atoms. The highest BCUT2D eigenvalue weighted by atomic mass is 32.1. The zero-order valence-electron chi connectivity index (χ0n) is 10.0. The third kappa shape index (κ3) is 7.43. The van der Waals surface area contributed by atoms with E-state index in [4.69, 9.17) is 5.73 Å². The highest BCUT2D eigenvalue weighted by Gasteiger charge is 2.03. The number of Topliss-reactive ketones (excluding diaryl/α,β-unsaturated/α-hetero) is 1. The van der Waals surface area contributed by atoms with Crippen LogP contribution in [0.1, 0.15) is 30.6 Å². The molecule has 0 unspecified atom stereocenters. The van der Waals surface area contributed by atoms with Crippen molar-refractivity contribution in [3.05, 3.63) is 35.6 Å². The monoisotopic (exact) mass is 245 g/mol. The number of rotatable bonds is 3.